The third-order valence-corrected chi connectivity index (χ3v) is 11.2. The van der Waals surface area contributed by atoms with Crippen molar-refractivity contribution in [1.82, 2.24) is 15.0 Å². The lowest BCUT2D eigenvalue weighted by Gasteiger charge is -2.32. The quantitative estimate of drug-likeness (QED) is 0.347. The number of nitrogens with one attached hydrogen (secondary N) is 1. The Kier molecular flexibility index (Phi) is 6.97. The highest BCUT2D eigenvalue weighted by molar-refractivity contribution is 6.71. The van der Waals surface area contributed by atoms with Crippen LogP contribution >= 0.6 is 0 Å². The minimum atomic E-state index is -2.81. The molecule has 1 aromatic heterocycles. The molecule has 0 bridgehead atoms. The Morgan fingerprint density at radius 2 is 1.98 bits per heavy atom. The summed E-state index contributed by atoms with van der Waals surface area (Å²) in [5.74, 6) is -0.860. The van der Waals surface area contributed by atoms with Gasteiger partial charge in [-0.1, -0.05) is 42.5 Å². The van der Waals surface area contributed by atoms with Gasteiger partial charge in [0.25, 0.3) is 5.91 Å². The molecule has 2 fully saturated rings. The van der Waals surface area contributed by atoms with Crippen molar-refractivity contribution in [1.29, 1.82) is 0 Å². The average molecular weight is 578 g/mol. The predicted octanol–water partition coefficient (Wildman–Crippen LogP) is 3.20. The second kappa shape index (κ2) is 10.4. The van der Waals surface area contributed by atoms with Gasteiger partial charge in [0.2, 0.25) is 0 Å². The van der Waals surface area contributed by atoms with Gasteiger partial charge in [-0.25, -0.2) is 4.79 Å². The Morgan fingerprint density at radius 1 is 1.20 bits per heavy atom. The summed E-state index contributed by atoms with van der Waals surface area (Å²) in [4.78, 5) is 38.9. The fourth-order valence-electron chi connectivity index (χ4n) is 6.85. The number of benzene rings is 2. The minimum absolute atomic E-state index is 0.0908. The summed E-state index contributed by atoms with van der Waals surface area (Å²) < 4.78 is 13.6. The number of ether oxygens (including phenoxy) is 2. The third-order valence-electron chi connectivity index (χ3n) is 8.74. The van der Waals surface area contributed by atoms with Crippen molar-refractivity contribution in [3.63, 3.8) is 0 Å². The van der Waals surface area contributed by atoms with Gasteiger partial charge >= 0.3 is 6.09 Å². The highest BCUT2D eigenvalue weighted by Crippen LogP contribution is 2.58. The summed E-state index contributed by atoms with van der Waals surface area (Å²) in [5, 5.41) is 21.6. The van der Waals surface area contributed by atoms with E-state index in [1.807, 2.05) is 62.6 Å². The first kappa shape index (κ1) is 27.6. The molecule has 1 unspecified atom stereocenters. The zero-order chi connectivity index (χ0) is 28.9. The molecule has 4 heterocycles. The molecule has 3 aliphatic rings. The van der Waals surface area contributed by atoms with E-state index in [1.54, 1.807) is 21.7 Å². The van der Waals surface area contributed by atoms with Crippen molar-refractivity contribution in [3.05, 3.63) is 71.5 Å². The first-order valence-corrected chi connectivity index (χ1v) is 17.0. The predicted molar refractivity (Wildman–Crippen MR) is 153 cm³/mol. The van der Waals surface area contributed by atoms with Gasteiger partial charge in [0.1, 0.15) is 6.61 Å². The number of amides is 2. The highest BCUT2D eigenvalue weighted by Gasteiger charge is 2.64. The van der Waals surface area contributed by atoms with Crippen molar-refractivity contribution < 1.29 is 29.0 Å². The SMILES string of the molecule is C[C@H]1[C@H]([Si](C)(C)O)[C@@H](CCn2cc(C(CO)c3ccccc3)nn2)O[C@]12C(=O)Nc1ccc(N3CCOC3=O)cc12. The average Bonchev–Trinajstić information content (AvgIpc) is 3.71. The Balaban J connectivity index is 1.27. The highest BCUT2D eigenvalue weighted by atomic mass is 28.4. The molecule has 0 aliphatic carbocycles. The monoisotopic (exact) mass is 577 g/mol. The van der Waals surface area contributed by atoms with E-state index in [4.69, 9.17) is 9.47 Å². The second-order valence-corrected chi connectivity index (χ2v) is 15.6. The fraction of sp³-hybridized carbons (Fsp3) is 0.448. The number of carbonyl (C=O) groups excluding carboxylic acids is 2. The number of aromatic nitrogens is 3. The van der Waals surface area contributed by atoms with Gasteiger partial charge < -0.3 is 24.7 Å². The van der Waals surface area contributed by atoms with E-state index in [1.165, 1.54) is 0 Å². The van der Waals surface area contributed by atoms with Gasteiger partial charge in [0.05, 0.1) is 30.9 Å². The third kappa shape index (κ3) is 4.64. The lowest BCUT2D eigenvalue weighted by atomic mass is 9.82. The van der Waals surface area contributed by atoms with Crippen LogP contribution in [0, 0.1) is 5.92 Å². The summed E-state index contributed by atoms with van der Waals surface area (Å²) in [7, 11) is -2.81. The number of aliphatic hydroxyl groups is 1. The van der Waals surface area contributed by atoms with Gasteiger partial charge in [-0.15, -0.1) is 5.10 Å². The van der Waals surface area contributed by atoms with E-state index < -0.39 is 26.1 Å². The van der Waals surface area contributed by atoms with E-state index in [0.717, 1.165) is 5.56 Å². The Morgan fingerprint density at radius 3 is 2.66 bits per heavy atom. The molecule has 5 atom stereocenters. The molecule has 12 heteroatoms. The number of anilines is 2. The Labute approximate surface area is 239 Å². The topological polar surface area (TPSA) is 139 Å². The number of cyclic esters (lactones) is 1. The van der Waals surface area contributed by atoms with Crippen LogP contribution in [0.1, 0.15) is 36.1 Å². The fourth-order valence-corrected chi connectivity index (χ4v) is 9.45. The number of aliphatic hydroxyl groups excluding tert-OH is 1. The maximum absolute atomic E-state index is 13.6. The first-order valence-electron chi connectivity index (χ1n) is 14.0. The standard InChI is InChI=1S/C29H35N5O6Si/c1-18-26(41(2,3)38)25(11-12-33-16-24(31-32-33)21(17-35)19-7-5-4-6-8-19)40-29(18)22-15-20(34-13-14-39-28(34)37)9-10-23(22)30-27(29)36/h4-10,15-16,18,21,25-26,35,38H,11-14,17H2,1-3H3,(H,30,36)/t18-,21?,25+,26-,29+/m0/s1. The number of nitrogens with zero attached hydrogens (tertiary/aromatic N) is 4. The van der Waals surface area contributed by atoms with E-state index >= 15 is 0 Å². The van der Waals surface area contributed by atoms with Crippen LogP contribution in [0.4, 0.5) is 16.2 Å². The Bertz CT molecular complexity index is 1460. The molecule has 3 aromatic rings. The molecule has 41 heavy (non-hydrogen) atoms. The smallest absolute Gasteiger partial charge is 0.414 e. The second-order valence-electron chi connectivity index (χ2n) is 11.7. The van der Waals surface area contributed by atoms with Gasteiger partial charge in [-0.05, 0) is 43.3 Å². The molecular weight excluding hydrogens is 542 g/mol. The summed E-state index contributed by atoms with van der Waals surface area (Å²) >= 11 is 0. The molecule has 3 N–H and O–H groups in total. The summed E-state index contributed by atoms with van der Waals surface area (Å²) in [6.45, 7) is 6.86. The summed E-state index contributed by atoms with van der Waals surface area (Å²) in [6.07, 6.45) is 1.51. The van der Waals surface area contributed by atoms with Crippen molar-refractivity contribution >= 4 is 31.7 Å². The van der Waals surface area contributed by atoms with E-state index in [2.05, 4.69) is 15.6 Å². The van der Waals surface area contributed by atoms with Gasteiger partial charge in [-0.2, -0.15) is 0 Å². The number of hydrogen-bond donors (Lipinski definition) is 3. The van der Waals surface area contributed by atoms with Crippen molar-refractivity contribution in [2.45, 2.75) is 56.1 Å². The largest absolute Gasteiger partial charge is 0.447 e. The number of fused-ring (bicyclic) bond motifs is 2. The zero-order valence-corrected chi connectivity index (χ0v) is 24.4. The molecule has 3 aliphatic heterocycles. The molecule has 1 spiro atoms. The number of hydrogen-bond acceptors (Lipinski definition) is 8. The van der Waals surface area contributed by atoms with Gasteiger partial charge in [0.15, 0.2) is 13.9 Å². The molecule has 2 aromatic carbocycles. The normalized spacial score (nSPS) is 26.4. The molecule has 0 radical (unpaired) electrons. The zero-order valence-electron chi connectivity index (χ0n) is 23.4. The molecular formula is C29H35N5O6Si. The first-order chi connectivity index (χ1) is 19.6. The molecule has 6 rings (SSSR count). The van der Waals surface area contributed by atoms with Crippen LogP contribution in [-0.4, -0.2) is 71.1 Å². The van der Waals surface area contributed by atoms with Crippen LogP contribution in [0.15, 0.2) is 54.7 Å². The maximum Gasteiger partial charge on any atom is 0.414 e. The van der Waals surface area contributed by atoms with Crippen LogP contribution in [0.3, 0.4) is 0 Å². The lowest BCUT2D eigenvalue weighted by Crippen LogP contribution is -2.43. The van der Waals surface area contributed by atoms with Crippen molar-refractivity contribution in [2.24, 2.45) is 5.92 Å². The molecule has 216 valence electrons. The van der Waals surface area contributed by atoms with Crippen LogP contribution in [0.2, 0.25) is 18.6 Å². The molecule has 0 saturated carbocycles. The van der Waals surface area contributed by atoms with Crippen molar-refractivity contribution in [3.8, 4) is 0 Å². The lowest BCUT2D eigenvalue weighted by molar-refractivity contribution is -0.143. The van der Waals surface area contributed by atoms with Crippen LogP contribution in [0.25, 0.3) is 0 Å². The molecule has 2 amide bonds. The summed E-state index contributed by atoms with van der Waals surface area (Å²) in [6, 6.07) is 15.1. The van der Waals surface area contributed by atoms with Crippen molar-refractivity contribution in [2.75, 3.05) is 30.0 Å². The van der Waals surface area contributed by atoms with Gasteiger partial charge in [0, 0.05) is 41.1 Å². The molecule has 11 nitrogen and oxygen atoms in total. The van der Waals surface area contributed by atoms with E-state index in [9.17, 15) is 19.5 Å². The van der Waals surface area contributed by atoms with Gasteiger partial charge in [-0.3, -0.25) is 14.4 Å². The maximum atomic E-state index is 13.6. The van der Waals surface area contributed by atoms with E-state index in [0.29, 0.717) is 48.7 Å². The number of carbonyl (C=O) groups is 2. The van der Waals surface area contributed by atoms with Crippen LogP contribution < -0.4 is 10.2 Å². The number of rotatable bonds is 8. The van der Waals surface area contributed by atoms with Crippen LogP contribution in [0.5, 0.6) is 0 Å². The van der Waals surface area contributed by atoms with Crippen LogP contribution in [-0.2, 0) is 26.4 Å². The Hall–Kier alpha value is -3.58. The molecule has 2 saturated heterocycles. The van der Waals surface area contributed by atoms with E-state index in [-0.39, 0.29) is 29.9 Å². The minimum Gasteiger partial charge on any atom is -0.447 e. The number of aryl methyl sites for hydroxylation is 1. The summed E-state index contributed by atoms with van der Waals surface area (Å²) in [5.41, 5.74) is 2.06.